The normalized spacial score (nSPS) is 10.0. The number of urea groups is 1. The minimum Gasteiger partial charge on any atom is -0.473 e. The van der Waals surface area contributed by atoms with Gasteiger partial charge in [0.25, 0.3) is 0 Å². The minimum absolute atomic E-state index is 0.134. The first-order valence-corrected chi connectivity index (χ1v) is 7.38. The maximum absolute atomic E-state index is 11.6. The average Bonchev–Trinajstić information content (AvgIpc) is 2.49. The quantitative estimate of drug-likeness (QED) is 0.811. The maximum Gasteiger partial charge on any atom is 0.317 e. The first kappa shape index (κ1) is 15.4. The fourth-order valence-corrected chi connectivity index (χ4v) is 1.93. The van der Waals surface area contributed by atoms with Gasteiger partial charge in [0.1, 0.15) is 5.75 Å². The molecule has 110 valence electrons. The summed E-state index contributed by atoms with van der Waals surface area (Å²) in [4.78, 5) is 11.6. The first-order valence-electron chi connectivity index (χ1n) is 6.59. The van der Waals surface area contributed by atoms with Crippen molar-refractivity contribution in [2.75, 3.05) is 6.73 Å². The molecule has 2 N–H and O–H groups in total. The molecule has 0 unspecified atom stereocenters. The second-order valence-corrected chi connectivity index (χ2v) is 5.50. The number of amides is 2. The van der Waals surface area contributed by atoms with E-state index in [0.717, 1.165) is 15.8 Å². The van der Waals surface area contributed by atoms with E-state index < -0.39 is 0 Å². The third-order valence-corrected chi connectivity index (χ3v) is 3.39. The van der Waals surface area contributed by atoms with E-state index in [0.29, 0.717) is 6.54 Å². The molecule has 2 aromatic carbocycles. The van der Waals surface area contributed by atoms with E-state index in [-0.39, 0.29) is 12.8 Å². The van der Waals surface area contributed by atoms with Crippen LogP contribution in [0.1, 0.15) is 11.1 Å². The van der Waals surface area contributed by atoms with Crippen LogP contribution in [0.3, 0.4) is 0 Å². The predicted octanol–water partition coefficient (Wildman–Crippen LogP) is 3.59. The van der Waals surface area contributed by atoms with Crippen LogP contribution >= 0.6 is 15.9 Å². The van der Waals surface area contributed by atoms with Crippen molar-refractivity contribution in [3.8, 4) is 5.75 Å². The van der Waals surface area contributed by atoms with Gasteiger partial charge in [-0.25, -0.2) is 4.79 Å². The number of nitrogens with one attached hydrogen (secondary N) is 2. The van der Waals surface area contributed by atoms with Crippen LogP contribution in [-0.4, -0.2) is 12.8 Å². The van der Waals surface area contributed by atoms with Gasteiger partial charge in [-0.1, -0.05) is 45.8 Å². The molecule has 4 nitrogen and oxygen atoms in total. The van der Waals surface area contributed by atoms with Crippen molar-refractivity contribution in [2.24, 2.45) is 0 Å². The number of hydrogen-bond donors (Lipinski definition) is 2. The van der Waals surface area contributed by atoms with Crippen LogP contribution in [0, 0.1) is 6.92 Å². The molecule has 0 aliphatic rings. The Hall–Kier alpha value is -2.01. The summed E-state index contributed by atoms with van der Waals surface area (Å²) in [6, 6.07) is 15.2. The lowest BCUT2D eigenvalue weighted by Gasteiger charge is -2.09. The van der Waals surface area contributed by atoms with Crippen LogP contribution in [0.5, 0.6) is 5.75 Å². The lowest BCUT2D eigenvalue weighted by Crippen LogP contribution is -2.37. The second kappa shape index (κ2) is 7.69. The van der Waals surface area contributed by atoms with Gasteiger partial charge in [-0.3, -0.25) is 0 Å². The van der Waals surface area contributed by atoms with Gasteiger partial charge in [0.2, 0.25) is 0 Å². The summed E-state index contributed by atoms with van der Waals surface area (Å²) in [5.74, 6) is 0.730. The van der Waals surface area contributed by atoms with E-state index >= 15 is 0 Å². The molecule has 0 atom stereocenters. The van der Waals surface area contributed by atoms with Crippen LogP contribution < -0.4 is 15.4 Å². The molecule has 0 aliphatic carbocycles. The molecule has 0 spiro atoms. The number of rotatable bonds is 5. The van der Waals surface area contributed by atoms with Gasteiger partial charge in [-0.2, -0.15) is 0 Å². The highest BCUT2D eigenvalue weighted by atomic mass is 79.9. The average molecular weight is 349 g/mol. The van der Waals surface area contributed by atoms with Gasteiger partial charge in [0, 0.05) is 11.0 Å². The Bertz CT molecular complexity index is 582. The zero-order chi connectivity index (χ0) is 15.1. The largest absolute Gasteiger partial charge is 0.473 e. The molecule has 0 saturated heterocycles. The van der Waals surface area contributed by atoms with Gasteiger partial charge in [-0.15, -0.1) is 0 Å². The molecule has 2 rings (SSSR count). The maximum atomic E-state index is 11.6. The summed E-state index contributed by atoms with van der Waals surface area (Å²) in [6.45, 7) is 2.62. The molecule has 0 aliphatic heterocycles. The summed E-state index contributed by atoms with van der Waals surface area (Å²) >= 11 is 3.37. The summed E-state index contributed by atoms with van der Waals surface area (Å²) in [6.07, 6.45) is 0. The monoisotopic (exact) mass is 348 g/mol. The lowest BCUT2D eigenvalue weighted by atomic mass is 10.2. The fourth-order valence-electron chi connectivity index (χ4n) is 1.67. The summed E-state index contributed by atoms with van der Waals surface area (Å²) < 4.78 is 6.44. The second-order valence-electron chi connectivity index (χ2n) is 4.59. The standard InChI is InChI=1S/C16H17BrN2O2/c1-12-2-8-15(9-3-12)21-11-19-16(20)18-10-13-4-6-14(17)7-5-13/h2-9H,10-11H2,1H3,(H2,18,19,20). The minimum atomic E-state index is -0.259. The van der Waals surface area contributed by atoms with Gasteiger partial charge in [0.15, 0.2) is 6.73 Å². The van der Waals surface area contributed by atoms with Crippen LogP contribution in [0.15, 0.2) is 53.0 Å². The van der Waals surface area contributed by atoms with E-state index in [4.69, 9.17) is 4.74 Å². The number of ether oxygens (including phenoxy) is 1. The Labute approximate surface area is 132 Å². The van der Waals surface area contributed by atoms with E-state index in [1.54, 1.807) is 0 Å². The first-order chi connectivity index (χ1) is 10.1. The topological polar surface area (TPSA) is 50.4 Å². The van der Waals surface area contributed by atoms with E-state index in [9.17, 15) is 4.79 Å². The molecule has 0 radical (unpaired) electrons. The number of aryl methyl sites for hydroxylation is 1. The Morgan fingerprint density at radius 3 is 2.38 bits per heavy atom. The van der Waals surface area contributed by atoms with Gasteiger partial charge < -0.3 is 15.4 Å². The van der Waals surface area contributed by atoms with Crippen molar-refractivity contribution in [2.45, 2.75) is 13.5 Å². The SMILES string of the molecule is Cc1ccc(OCNC(=O)NCc2ccc(Br)cc2)cc1. The van der Waals surface area contributed by atoms with Crippen molar-refractivity contribution >= 4 is 22.0 Å². The van der Waals surface area contributed by atoms with Gasteiger partial charge >= 0.3 is 6.03 Å². The molecule has 0 fully saturated rings. The van der Waals surface area contributed by atoms with E-state index in [1.165, 1.54) is 5.56 Å². The molecule has 0 aromatic heterocycles. The third-order valence-electron chi connectivity index (χ3n) is 2.86. The van der Waals surface area contributed by atoms with Crippen molar-refractivity contribution in [3.63, 3.8) is 0 Å². The third kappa shape index (κ3) is 5.47. The van der Waals surface area contributed by atoms with Crippen LogP contribution in [0.4, 0.5) is 4.79 Å². The molecular weight excluding hydrogens is 332 g/mol. The molecule has 0 saturated carbocycles. The fraction of sp³-hybridized carbons (Fsp3) is 0.188. The van der Waals surface area contributed by atoms with Crippen molar-refractivity contribution < 1.29 is 9.53 Å². The van der Waals surface area contributed by atoms with Crippen molar-refractivity contribution in [3.05, 3.63) is 64.1 Å². The predicted molar refractivity (Wildman–Crippen MR) is 86.2 cm³/mol. The number of halogens is 1. The summed E-state index contributed by atoms with van der Waals surface area (Å²) in [5, 5.41) is 5.41. The van der Waals surface area contributed by atoms with E-state index in [1.807, 2.05) is 55.5 Å². The van der Waals surface area contributed by atoms with Gasteiger partial charge in [0.05, 0.1) is 0 Å². The van der Waals surface area contributed by atoms with Gasteiger partial charge in [-0.05, 0) is 36.8 Å². The molecule has 5 heteroatoms. The zero-order valence-corrected chi connectivity index (χ0v) is 13.3. The van der Waals surface area contributed by atoms with E-state index in [2.05, 4.69) is 26.6 Å². The molecular formula is C16H17BrN2O2. The highest BCUT2D eigenvalue weighted by molar-refractivity contribution is 9.10. The zero-order valence-electron chi connectivity index (χ0n) is 11.7. The molecule has 2 aromatic rings. The van der Waals surface area contributed by atoms with Crippen LogP contribution in [0.25, 0.3) is 0 Å². The van der Waals surface area contributed by atoms with Crippen molar-refractivity contribution in [1.29, 1.82) is 0 Å². The Morgan fingerprint density at radius 2 is 1.71 bits per heavy atom. The number of carbonyl (C=O) groups excluding carboxylic acids is 1. The Morgan fingerprint density at radius 1 is 1.05 bits per heavy atom. The molecule has 2 amide bonds. The van der Waals surface area contributed by atoms with Crippen LogP contribution in [0.2, 0.25) is 0 Å². The number of carbonyl (C=O) groups is 1. The molecule has 21 heavy (non-hydrogen) atoms. The summed E-state index contributed by atoms with van der Waals surface area (Å²) in [5.41, 5.74) is 2.20. The highest BCUT2D eigenvalue weighted by Crippen LogP contribution is 2.11. The Balaban J connectivity index is 1.67. The van der Waals surface area contributed by atoms with Crippen LogP contribution in [-0.2, 0) is 6.54 Å². The molecule has 0 heterocycles. The highest BCUT2D eigenvalue weighted by Gasteiger charge is 2.00. The Kier molecular flexibility index (Phi) is 5.63. The summed E-state index contributed by atoms with van der Waals surface area (Å²) in [7, 11) is 0. The van der Waals surface area contributed by atoms with Crippen molar-refractivity contribution in [1.82, 2.24) is 10.6 Å². The number of benzene rings is 2. The molecule has 0 bridgehead atoms. The lowest BCUT2D eigenvalue weighted by molar-refractivity contribution is 0.223. The smallest absolute Gasteiger partial charge is 0.317 e. The number of hydrogen-bond acceptors (Lipinski definition) is 2.